The molecule has 0 aliphatic carbocycles. The molecule has 1 unspecified atom stereocenters. The summed E-state index contributed by atoms with van der Waals surface area (Å²) in [4.78, 5) is 13.9. The number of para-hydroxylation sites is 1. The maximum Gasteiger partial charge on any atom is 0.311 e. The third-order valence-electron chi connectivity index (χ3n) is 4.66. The Morgan fingerprint density at radius 1 is 1.15 bits per heavy atom. The van der Waals surface area contributed by atoms with Crippen molar-refractivity contribution in [2.75, 3.05) is 31.2 Å². The predicted octanol–water partition coefficient (Wildman–Crippen LogP) is 3.77. The summed E-state index contributed by atoms with van der Waals surface area (Å²) in [5, 5.41) is 9.47. The van der Waals surface area contributed by atoms with Crippen LogP contribution >= 0.6 is 0 Å². The van der Waals surface area contributed by atoms with Crippen LogP contribution < -0.4 is 4.90 Å². The number of carbonyl (C=O) groups is 1. The first-order valence-electron chi connectivity index (χ1n) is 8.85. The topological polar surface area (TPSA) is 49.8 Å². The van der Waals surface area contributed by atoms with E-state index in [0.29, 0.717) is 6.42 Å². The Hall–Kier alpha value is -2.77. The standard InChI is InChI=1S/C22H23NO3/c1-2-3-6-20(22(24)25)18-11-9-17(10-12-18)19-7-4-5-8-21(19)23-13-15-26-16-14-23/h4-5,7-12,20H,6,13-16H2,1H3,(H,24,25). The van der Waals surface area contributed by atoms with Gasteiger partial charge in [0.05, 0.1) is 19.1 Å². The Bertz CT molecular complexity index is 811. The number of rotatable bonds is 5. The van der Waals surface area contributed by atoms with Gasteiger partial charge in [0, 0.05) is 30.8 Å². The minimum Gasteiger partial charge on any atom is -0.481 e. The van der Waals surface area contributed by atoms with Crippen LogP contribution in [-0.4, -0.2) is 37.4 Å². The van der Waals surface area contributed by atoms with E-state index in [4.69, 9.17) is 4.74 Å². The maximum atomic E-state index is 11.5. The molecule has 0 radical (unpaired) electrons. The van der Waals surface area contributed by atoms with E-state index in [-0.39, 0.29) is 0 Å². The number of carboxylic acid groups (broad SMARTS) is 1. The molecule has 1 fully saturated rings. The Kier molecular flexibility index (Phi) is 5.93. The van der Waals surface area contributed by atoms with E-state index < -0.39 is 11.9 Å². The average Bonchev–Trinajstić information content (AvgIpc) is 2.69. The lowest BCUT2D eigenvalue weighted by Gasteiger charge is -2.30. The molecule has 1 aliphatic heterocycles. The van der Waals surface area contributed by atoms with Gasteiger partial charge in [-0.3, -0.25) is 4.79 Å². The van der Waals surface area contributed by atoms with Crippen molar-refractivity contribution in [3.05, 3.63) is 54.1 Å². The highest BCUT2D eigenvalue weighted by Crippen LogP contribution is 2.32. The first-order chi connectivity index (χ1) is 12.7. The third-order valence-corrected chi connectivity index (χ3v) is 4.66. The van der Waals surface area contributed by atoms with Crippen LogP contribution in [0.15, 0.2) is 48.5 Å². The smallest absolute Gasteiger partial charge is 0.311 e. The van der Waals surface area contributed by atoms with E-state index in [1.54, 1.807) is 6.92 Å². The number of morpholine rings is 1. The van der Waals surface area contributed by atoms with Gasteiger partial charge in [-0.05, 0) is 24.1 Å². The highest BCUT2D eigenvalue weighted by Gasteiger charge is 2.19. The van der Waals surface area contributed by atoms with Gasteiger partial charge in [-0.2, -0.15) is 0 Å². The molecule has 0 spiro atoms. The number of hydrogen-bond acceptors (Lipinski definition) is 3. The number of carboxylic acids is 1. The summed E-state index contributed by atoms with van der Waals surface area (Å²) in [5.41, 5.74) is 4.21. The third kappa shape index (κ3) is 4.07. The Labute approximate surface area is 154 Å². The molecule has 1 N–H and O–H groups in total. The van der Waals surface area contributed by atoms with Gasteiger partial charge in [-0.15, -0.1) is 11.8 Å². The van der Waals surface area contributed by atoms with Crippen molar-refractivity contribution in [3.63, 3.8) is 0 Å². The Morgan fingerprint density at radius 3 is 2.50 bits per heavy atom. The molecular weight excluding hydrogens is 326 g/mol. The largest absolute Gasteiger partial charge is 0.481 e. The molecule has 134 valence electrons. The maximum absolute atomic E-state index is 11.5. The minimum atomic E-state index is -0.839. The van der Waals surface area contributed by atoms with Gasteiger partial charge in [0.15, 0.2) is 0 Å². The molecule has 4 nitrogen and oxygen atoms in total. The number of hydrogen-bond donors (Lipinski definition) is 1. The van der Waals surface area contributed by atoms with Gasteiger partial charge in [-0.25, -0.2) is 0 Å². The second kappa shape index (κ2) is 8.55. The lowest BCUT2D eigenvalue weighted by molar-refractivity contribution is -0.138. The summed E-state index contributed by atoms with van der Waals surface area (Å²) in [5.74, 6) is 4.22. The van der Waals surface area contributed by atoms with E-state index in [9.17, 15) is 9.90 Å². The molecule has 26 heavy (non-hydrogen) atoms. The quantitative estimate of drug-likeness (QED) is 0.835. The molecule has 1 saturated heterocycles. The number of anilines is 1. The van der Waals surface area contributed by atoms with Gasteiger partial charge in [-0.1, -0.05) is 42.5 Å². The van der Waals surface area contributed by atoms with Crippen molar-refractivity contribution in [1.29, 1.82) is 0 Å². The van der Waals surface area contributed by atoms with E-state index in [0.717, 1.165) is 43.0 Å². The molecule has 0 saturated carbocycles. The zero-order chi connectivity index (χ0) is 18.4. The molecule has 1 aliphatic rings. The second-order valence-corrected chi connectivity index (χ2v) is 6.26. The van der Waals surface area contributed by atoms with E-state index in [1.165, 1.54) is 5.69 Å². The first-order valence-corrected chi connectivity index (χ1v) is 8.85. The molecule has 0 amide bonds. The van der Waals surface area contributed by atoms with Crippen molar-refractivity contribution in [3.8, 4) is 23.0 Å². The van der Waals surface area contributed by atoms with Crippen molar-refractivity contribution in [1.82, 2.24) is 0 Å². The fourth-order valence-corrected chi connectivity index (χ4v) is 3.24. The summed E-state index contributed by atoms with van der Waals surface area (Å²) >= 11 is 0. The normalized spacial score (nSPS) is 15.0. The van der Waals surface area contributed by atoms with Gasteiger partial charge in [0.25, 0.3) is 0 Å². The van der Waals surface area contributed by atoms with Gasteiger partial charge < -0.3 is 14.7 Å². The van der Waals surface area contributed by atoms with Crippen LogP contribution in [0.1, 0.15) is 24.8 Å². The summed E-state index contributed by atoms with van der Waals surface area (Å²) in [6.45, 7) is 4.97. The molecule has 1 heterocycles. The lowest BCUT2D eigenvalue weighted by Crippen LogP contribution is -2.36. The SMILES string of the molecule is CC#CCC(C(=O)O)c1ccc(-c2ccccc2N2CCOCC2)cc1. The fraction of sp³-hybridized carbons (Fsp3) is 0.318. The van der Waals surface area contributed by atoms with Crippen molar-refractivity contribution < 1.29 is 14.6 Å². The second-order valence-electron chi connectivity index (χ2n) is 6.26. The van der Waals surface area contributed by atoms with Crippen molar-refractivity contribution >= 4 is 11.7 Å². The van der Waals surface area contributed by atoms with Gasteiger partial charge in [0.1, 0.15) is 0 Å². The monoisotopic (exact) mass is 349 g/mol. The fourth-order valence-electron chi connectivity index (χ4n) is 3.24. The van der Waals surface area contributed by atoms with Crippen LogP contribution in [0.5, 0.6) is 0 Å². The van der Waals surface area contributed by atoms with Gasteiger partial charge in [0.2, 0.25) is 0 Å². The number of ether oxygens (including phenoxy) is 1. The predicted molar refractivity (Wildman–Crippen MR) is 103 cm³/mol. The zero-order valence-corrected chi connectivity index (χ0v) is 14.9. The molecule has 4 heteroatoms. The van der Waals surface area contributed by atoms with Crippen LogP contribution in [-0.2, 0) is 9.53 Å². The number of benzene rings is 2. The van der Waals surface area contributed by atoms with Crippen molar-refractivity contribution in [2.45, 2.75) is 19.3 Å². The van der Waals surface area contributed by atoms with Crippen LogP contribution in [0.25, 0.3) is 11.1 Å². The summed E-state index contributed by atoms with van der Waals surface area (Å²) in [6, 6.07) is 16.1. The molecular formula is C22H23NO3. The lowest BCUT2D eigenvalue weighted by atomic mass is 9.93. The van der Waals surface area contributed by atoms with Crippen LogP contribution in [0.4, 0.5) is 5.69 Å². The molecule has 2 aromatic rings. The van der Waals surface area contributed by atoms with Gasteiger partial charge >= 0.3 is 5.97 Å². The molecule has 2 aromatic carbocycles. The molecule has 1 atom stereocenters. The molecule has 3 rings (SSSR count). The molecule has 0 bridgehead atoms. The van der Waals surface area contributed by atoms with Crippen LogP contribution in [0.2, 0.25) is 0 Å². The molecule has 0 aromatic heterocycles. The Balaban J connectivity index is 1.89. The van der Waals surface area contributed by atoms with Crippen LogP contribution in [0.3, 0.4) is 0 Å². The number of aliphatic carboxylic acids is 1. The average molecular weight is 349 g/mol. The minimum absolute atomic E-state index is 0.329. The van der Waals surface area contributed by atoms with E-state index in [2.05, 4.69) is 28.9 Å². The van der Waals surface area contributed by atoms with Crippen LogP contribution in [0, 0.1) is 11.8 Å². The number of nitrogens with zero attached hydrogens (tertiary/aromatic N) is 1. The summed E-state index contributed by atoms with van der Waals surface area (Å²) in [6.07, 6.45) is 0.329. The first kappa shape index (κ1) is 18.0. The summed E-state index contributed by atoms with van der Waals surface area (Å²) in [7, 11) is 0. The highest BCUT2D eigenvalue weighted by atomic mass is 16.5. The van der Waals surface area contributed by atoms with E-state index >= 15 is 0 Å². The van der Waals surface area contributed by atoms with E-state index in [1.807, 2.05) is 36.4 Å². The highest BCUT2D eigenvalue weighted by molar-refractivity contribution is 5.80. The summed E-state index contributed by atoms with van der Waals surface area (Å²) < 4.78 is 5.46. The Morgan fingerprint density at radius 2 is 1.85 bits per heavy atom. The zero-order valence-electron chi connectivity index (χ0n) is 14.9. The van der Waals surface area contributed by atoms with Crippen molar-refractivity contribution in [2.24, 2.45) is 0 Å².